The molecule has 1 heterocycles. The van der Waals surface area contributed by atoms with Crippen LogP contribution in [0.15, 0.2) is 0 Å². The summed E-state index contributed by atoms with van der Waals surface area (Å²) in [5, 5.41) is 2.56. The van der Waals surface area contributed by atoms with Crippen LogP contribution in [0.25, 0.3) is 0 Å². The normalized spacial score (nSPS) is 26.2. The highest BCUT2D eigenvalue weighted by Gasteiger charge is 2.50. The van der Waals surface area contributed by atoms with Crippen LogP contribution in [0.4, 0.5) is 4.79 Å². The molecule has 0 aromatic rings. The Balaban J connectivity index is 2.02. The minimum atomic E-state index is -0.649. The Morgan fingerprint density at radius 2 is 2.06 bits per heavy atom. The van der Waals surface area contributed by atoms with Crippen molar-refractivity contribution >= 4 is 12.1 Å². The second kappa shape index (κ2) is 5.14. The summed E-state index contributed by atoms with van der Waals surface area (Å²) >= 11 is 0. The largest absolute Gasteiger partial charge is 0.467 e. The summed E-state index contributed by atoms with van der Waals surface area (Å²) in [5.74, 6) is -0.379. The molecule has 2 rings (SSSR count). The Morgan fingerprint density at radius 1 is 1.33 bits per heavy atom. The van der Waals surface area contributed by atoms with Crippen molar-refractivity contribution in [3.8, 4) is 0 Å². The molecule has 6 heteroatoms. The van der Waals surface area contributed by atoms with Gasteiger partial charge in [0.25, 0.3) is 0 Å². The molecule has 6 nitrogen and oxygen atoms in total. The second-order valence-corrected chi connectivity index (χ2v) is 4.92. The summed E-state index contributed by atoms with van der Waals surface area (Å²) in [5.41, 5.74) is -0.0486. The zero-order valence-corrected chi connectivity index (χ0v) is 10.7. The second-order valence-electron chi connectivity index (χ2n) is 4.92. The molecule has 0 aromatic heterocycles. The molecule has 0 aromatic carbocycles. The van der Waals surface area contributed by atoms with Crippen LogP contribution in [0.5, 0.6) is 0 Å². The van der Waals surface area contributed by atoms with Crippen molar-refractivity contribution in [1.82, 2.24) is 5.32 Å². The van der Waals surface area contributed by atoms with E-state index in [1.165, 1.54) is 14.2 Å². The molecule has 1 saturated carbocycles. The SMILES string of the molecule is COC(=O)NC(C(=O)OC)C1CCOC2(CC2)C1. The van der Waals surface area contributed by atoms with Crippen LogP contribution in [0.3, 0.4) is 0 Å². The average Bonchev–Trinajstić information content (AvgIpc) is 3.13. The average molecular weight is 257 g/mol. The smallest absolute Gasteiger partial charge is 0.407 e. The topological polar surface area (TPSA) is 73.9 Å². The number of methoxy groups -OCH3 is 2. The standard InChI is InChI=1S/C12H19NO5/c1-16-10(14)9(13-11(15)17-2)8-3-6-18-12(7-8)4-5-12/h8-9H,3-7H2,1-2H3,(H,13,15). The van der Waals surface area contributed by atoms with Gasteiger partial charge in [0.1, 0.15) is 6.04 Å². The molecule has 2 atom stereocenters. The molecule has 2 aliphatic rings. The summed E-state index contributed by atoms with van der Waals surface area (Å²) in [6.07, 6.45) is 3.00. The van der Waals surface area contributed by atoms with Crippen molar-refractivity contribution in [2.45, 2.75) is 37.3 Å². The van der Waals surface area contributed by atoms with Gasteiger partial charge in [-0.05, 0) is 31.6 Å². The first-order valence-corrected chi connectivity index (χ1v) is 6.16. The first-order valence-electron chi connectivity index (χ1n) is 6.16. The van der Waals surface area contributed by atoms with Crippen LogP contribution in [0.2, 0.25) is 0 Å². The fourth-order valence-electron chi connectivity index (χ4n) is 2.52. The predicted octanol–water partition coefficient (Wildman–Crippen LogP) is 0.843. The van der Waals surface area contributed by atoms with E-state index in [0.717, 1.165) is 25.7 Å². The molecular formula is C12H19NO5. The summed E-state index contributed by atoms with van der Waals surface area (Å²) in [4.78, 5) is 23.1. The van der Waals surface area contributed by atoms with Crippen LogP contribution < -0.4 is 5.32 Å². The van der Waals surface area contributed by atoms with Gasteiger partial charge in [-0.15, -0.1) is 0 Å². The Kier molecular flexibility index (Phi) is 3.75. The van der Waals surface area contributed by atoms with Gasteiger partial charge in [-0.25, -0.2) is 9.59 Å². The molecule has 1 aliphatic heterocycles. The molecule has 0 radical (unpaired) electrons. The van der Waals surface area contributed by atoms with Crippen molar-refractivity contribution in [2.75, 3.05) is 20.8 Å². The van der Waals surface area contributed by atoms with Crippen molar-refractivity contribution in [3.63, 3.8) is 0 Å². The van der Waals surface area contributed by atoms with E-state index in [1.54, 1.807) is 0 Å². The molecule has 18 heavy (non-hydrogen) atoms. The molecule has 1 N–H and O–H groups in total. The summed E-state index contributed by atoms with van der Waals surface area (Å²) in [6.45, 7) is 0.626. The minimum absolute atomic E-state index is 0.0486. The molecule has 1 saturated heterocycles. The lowest BCUT2D eigenvalue weighted by Crippen LogP contribution is -2.49. The van der Waals surface area contributed by atoms with Gasteiger partial charge < -0.3 is 19.5 Å². The van der Waals surface area contributed by atoms with Crippen molar-refractivity contribution in [3.05, 3.63) is 0 Å². The number of esters is 1. The number of rotatable bonds is 3. The third kappa shape index (κ3) is 2.75. The van der Waals surface area contributed by atoms with E-state index in [-0.39, 0.29) is 11.5 Å². The van der Waals surface area contributed by atoms with E-state index in [9.17, 15) is 9.59 Å². The molecule has 1 aliphatic carbocycles. The van der Waals surface area contributed by atoms with Gasteiger partial charge in [0.05, 0.1) is 19.8 Å². The molecular weight excluding hydrogens is 238 g/mol. The Hall–Kier alpha value is -1.30. The fraction of sp³-hybridized carbons (Fsp3) is 0.833. The Morgan fingerprint density at radius 3 is 2.61 bits per heavy atom. The predicted molar refractivity (Wildman–Crippen MR) is 62.0 cm³/mol. The van der Waals surface area contributed by atoms with E-state index in [4.69, 9.17) is 9.47 Å². The number of hydrogen-bond donors (Lipinski definition) is 1. The Labute approximate surface area is 106 Å². The van der Waals surface area contributed by atoms with E-state index >= 15 is 0 Å². The molecule has 0 bridgehead atoms. The lowest BCUT2D eigenvalue weighted by atomic mass is 9.87. The third-order valence-electron chi connectivity index (χ3n) is 3.72. The van der Waals surface area contributed by atoms with Crippen molar-refractivity contribution in [2.24, 2.45) is 5.92 Å². The van der Waals surface area contributed by atoms with Crippen LogP contribution in [0, 0.1) is 5.92 Å². The molecule has 1 amide bonds. The highest BCUT2D eigenvalue weighted by atomic mass is 16.5. The summed E-state index contributed by atoms with van der Waals surface area (Å²) in [7, 11) is 2.59. The maximum absolute atomic E-state index is 11.8. The van der Waals surface area contributed by atoms with E-state index in [2.05, 4.69) is 10.1 Å². The summed E-state index contributed by atoms with van der Waals surface area (Å²) < 4.78 is 15.0. The van der Waals surface area contributed by atoms with Gasteiger partial charge in [-0.3, -0.25) is 0 Å². The minimum Gasteiger partial charge on any atom is -0.467 e. The first-order chi connectivity index (χ1) is 8.60. The zero-order chi connectivity index (χ0) is 13.2. The highest BCUT2D eigenvalue weighted by Crippen LogP contribution is 2.48. The molecule has 1 spiro atoms. The maximum atomic E-state index is 11.8. The van der Waals surface area contributed by atoms with Crippen LogP contribution in [-0.4, -0.2) is 44.5 Å². The van der Waals surface area contributed by atoms with Gasteiger partial charge in [0.2, 0.25) is 0 Å². The third-order valence-corrected chi connectivity index (χ3v) is 3.72. The number of amides is 1. The van der Waals surface area contributed by atoms with Crippen LogP contribution in [-0.2, 0) is 19.0 Å². The van der Waals surface area contributed by atoms with Crippen molar-refractivity contribution in [1.29, 1.82) is 0 Å². The lowest BCUT2D eigenvalue weighted by molar-refractivity contribution is -0.146. The van der Waals surface area contributed by atoms with Gasteiger partial charge in [-0.2, -0.15) is 0 Å². The Bertz CT molecular complexity index is 339. The quantitative estimate of drug-likeness (QED) is 0.758. The molecule has 2 unspecified atom stereocenters. The van der Waals surface area contributed by atoms with Gasteiger partial charge in [-0.1, -0.05) is 0 Å². The maximum Gasteiger partial charge on any atom is 0.407 e. The number of ether oxygens (including phenoxy) is 3. The van der Waals surface area contributed by atoms with Crippen molar-refractivity contribution < 1.29 is 23.8 Å². The number of carbonyl (C=O) groups excluding carboxylic acids is 2. The fourth-order valence-corrected chi connectivity index (χ4v) is 2.52. The zero-order valence-electron chi connectivity index (χ0n) is 10.7. The van der Waals surface area contributed by atoms with E-state index in [1.807, 2.05) is 0 Å². The highest BCUT2D eigenvalue weighted by molar-refractivity contribution is 5.81. The van der Waals surface area contributed by atoms with E-state index in [0.29, 0.717) is 6.61 Å². The van der Waals surface area contributed by atoms with Gasteiger partial charge in [0.15, 0.2) is 0 Å². The van der Waals surface area contributed by atoms with Gasteiger partial charge in [0, 0.05) is 6.61 Å². The number of alkyl carbamates (subject to hydrolysis) is 1. The van der Waals surface area contributed by atoms with Gasteiger partial charge >= 0.3 is 12.1 Å². The van der Waals surface area contributed by atoms with E-state index < -0.39 is 18.1 Å². The monoisotopic (exact) mass is 257 g/mol. The van der Waals surface area contributed by atoms with Crippen LogP contribution >= 0.6 is 0 Å². The number of carbonyl (C=O) groups is 2. The van der Waals surface area contributed by atoms with Crippen LogP contribution in [0.1, 0.15) is 25.7 Å². The number of nitrogens with one attached hydrogen (secondary N) is 1. The molecule has 2 fully saturated rings. The first kappa shape index (κ1) is 13.1. The number of hydrogen-bond acceptors (Lipinski definition) is 5. The summed E-state index contributed by atoms with van der Waals surface area (Å²) in [6, 6.07) is -0.649. The molecule has 102 valence electrons. The lowest BCUT2D eigenvalue weighted by Gasteiger charge is -2.33.